The number of benzene rings is 1. The molecule has 5 rings (SSSR count). The Kier molecular flexibility index (Phi) is 6.07. The van der Waals surface area contributed by atoms with E-state index in [1.165, 1.54) is 6.33 Å². The predicted molar refractivity (Wildman–Crippen MR) is 130 cm³/mol. The fourth-order valence-electron chi connectivity index (χ4n) is 4.39. The number of hydrogen-bond acceptors (Lipinski definition) is 8. The minimum Gasteiger partial charge on any atom is -0.493 e. The summed E-state index contributed by atoms with van der Waals surface area (Å²) >= 11 is 0. The maximum Gasteiger partial charge on any atom is 0.410 e. The van der Waals surface area contributed by atoms with E-state index in [4.69, 9.17) is 18.9 Å². The fourth-order valence-corrected chi connectivity index (χ4v) is 4.39. The summed E-state index contributed by atoms with van der Waals surface area (Å²) in [6.07, 6.45) is 3.28. The van der Waals surface area contributed by atoms with Crippen molar-refractivity contribution in [3.8, 4) is 28.5 Å². The van der Waals surface area contributed by atoms with Gasteiger partial charge in [0.2, 0.25) is 6.79 Å². The summed E-state index contributed by atoms with van der Waals surface area (Å²) in [7, 11) is 0. The summed E-state index contributed by atoms with van der Waals surface area (Å²) in [5.74, 6) is 1.44. The number of aromatic amines is 1. The number of nitrogens with zero attached hydrogens (tertiary/aromatic N) is 3. The minimum atomic E-state index is -0.571. The van der Waals surface area contributed by atoms with Gasteiger partial charge in [-0.2, -0.15) is 0 Å². The first-order chi connectivity index (χ1) is 17.2. The van der Waals surface area contributed by atoms with Crippen LogP contribution in [-0.2, 0) is 4.74 Å². The van der Waals surface area contributed by atoms with Gasteiger partial charge in [0.15, 0.2) is 11.5 Å². The van der Waals surface area contributed by atoms with Crippen LogP contribution in [0.25, 0.3) is 22.3 Å². The van der Waals surface area contributed by atoms with Gasteiger partial charge in [-0.3, -0.25) is 4.79 Å². The number of rotatable bonds is 5. The zero-order chi connectivity index (χ0) is 25.4. The second kappa shape index (κ2) is 9.21. The highest BCUT2D eigenvalue weighted by atomic mass is 16.7. The van der Waals surface area contributed by atoms with Crippen molar-refractivity contribution in [3.05, 3.63) is 30.2 Å². The van der Waals surface area contributed by atoms with Crippen molar-refractivity contribution >= 4 is 23.0 Å². The lowest BCUT2D eigenvalue weighted by atomic mass is 10.1. The second-order valence-corrected chi connectivity index (χ2v) is 9.64. The van der Waals surface area contributed by atoms with Crippen LogP contribution >= 0.6 is 0 Å². The molecule has 0 unspecified atom stereocenters. The number of likely N-dealkylation sites (tertiary alicyclic amines) is 1. The highest BCUT2D eigenvalue weighted by molar-refractivity contribution is 6.08. The third kappa shape index (κ3) is 4.48. The molecule has 3 aromatic rings. The van der Waals surface area contributed by atoms with Crippen LogP contribution in [-0.4, -0.2) is 70.0 Å². The Hall–Kier alpha value is -4.02. The normalized spacial score (nSPS) is 16.9. The molecule has 0 bridgehead atoms. The van der Waals surface area contributed by atoms with Crippen molar-refractivity contribution < 1.29 is 28.5 Å². The Bertz CT molecular complexity index is 1310. The molecule has 2 aromatic heterocycles. The van der Waals surface area contributed by atoms with Gasteiger partial charge in [-0.05, 0) is 46.2 Å². The highest BCUT2D eigenvalue weighted by Crippen LogP contribution is 2.47. The first kappa shape index (κ1) is 23.7. The molecule has 1 aromatic carbocycles. The Morgan fingerprint density at radius 3 is 2.86 bits per heavy atom. The molecule has 2 aliphatic rings. The van der Waals surface area contributed by atoms with Crippen LogP contribution in [0, 0.1) is 0 Å². The smallest absolute Gasteiger partial charge is 0.410 e. The molecule has 0 spiro atoms. The maximum atomic E-state index is 13.2. The van der Waals surface area contributed by atoms with Gasteiger partial charge in [-0.1, -0.05) is 0 Å². The molecule has 11 nitrogen and oxygen atoms in total. The van der Waals surface area contributed by atoms with E-state index in [9.17, 15) is 9.59 Å². The topological polar surface area (TPSA) is 128 Å². The third-order valence-corrected chi connectivity index (χ3v) is 5.92. The summed E-state index contributed by atoms with van der Waals surface area (Å²) < 4.78 is 22.5. The van der Waals surface area contributed by atoms with Gasteiger partial charge in [0, 0.05) is 25.3 Å². The SMILES string of the molecule is CCOc1ccc2c(c1-c1ncnc3c(C(=O)N[C@@H]4CCN(C(=O)OC(C)(C)C)C4)c[nH]c13)OCO2. The molecule has 36 heavy (non-hydrogen) atoms. The largest absolute Gasteiger partial charge is 0.493 e. The molecule has 1 saturated heterocycles. The lowest BCUT2D eigenvalue weighted by Gasteiger charge is -2.24. The van der Waals surface area contributed by atoms with Crippen molar-refractivity contribution in [3.63, 3.8) is 0 Å². The van der Waals surface area contributed by atoms with Crippen molar-refractivity contribution in [2.24, 2.45) is 0 Å². The van der Waals surface area contributed by atoms with Crippen molar-refractivity contribution in [1.82, 2.24) is 25.2 Å². The summed E-state index contributed by atoms with van der Waals surface area (Å²) in [5.41, 5.74) is 2.04. The summed E-state index contributed by atoms with van der Waals surface area (Å²) in [6.45, 7) is 8.84. The van der Waals surface area contributed by atoms with E-state index in [2.05, 4.69) is 20.3 Å². The van der Waals surface area contributed by atoms with Gasteiger partial charge in [0.1, 0.15) is 28.9 Å². The number of nitrogens with one attached hydrogen (secondary N) is 2. The predicted octanol–water partition coefficient (Wildman–Crippen LogP) is 3.49. The van der Waals surface area contributed by atoms with Crippen LogP contribution in [0.15, 0.2) is 24.7 Å². The quantitative estimate of drug-likeness (QED) is 0.551. The monoisotopic (exact) mass is 495 g/mol. The zero-order valence-corrected chi connectivity index (χ0v) is 20.7. The van der Waals surface area contributed by atoms with E-state index in [1.54, 1.807) is 17.2 Å². The van der Waals surface area contributed by atoms with E-state index in [-0.39, 0.29) is 24.8 Å². The fraction of sp³-hybridized carbons (Fsp3) is 0.440. The van der Waals surface area contributed by atoms with Gasteiger partial charge in [0.05, 0.1) is 23.3 Å². The van der Waals surface area contributed by atoms with Crippen LogP contribution in [0.4, 0.5) is 4.79 Å². The number of H-pyrrole nitrogens is 1. The number of carbonyl (C=O) groups excluding carboxylic acids is 2. The van der Waals surface area contributed by atoms with Crippen LogP contribution in [0.2, 0.25) is 0 Å². The zero-order valence-electron chi connectivity index (χ0n) is 20.7. The van der Waals surface area contributed by atoms with Gasteiger partial charge >= 0.3 is 6.09 Å². The Labute approximate surface area is 208 Å². The second-order valence-electron chi connectivity index (χ2n) is 9.64. The van der Waals surface area contributed by atoms with E-state index in [0.717, 1.165) is 0 Å². The van der Waals surface area contributed by atoms with E-state index >= 15 is 0 Å². The average molecular weight is 496 g/mol. The number of hydrogen-bond donors (Lipinski definition) is 2. The first-order valence-electron chi connectivity index (χ1n) is 11.9. The third-order valence-electron chi connectivity index (χ3n) is 5.92. The van der Waals surface area contributed by atoms with Crippen LogP contribution < -0.4 is 19.5 Å². The molecule has 2 N–H and O–H groups in total. The molecule has 2 aliphatic heterocycles. The van der Waals surface area contributed by atoms with Crippen LogP contribution in [0.3, 0.4) is 0 Å². The molecule has 0 saturated carbocycles. The molecule has 4 heterocycles. The van der Waals surface area contributed by atoms with E-state index in [0.29, 0.717) is 71.2 Å². The van der Waals surface area contributed by atoms with Crippen LogP contribution in [0.1, 0.15) is 44.5 Å². The molecule has 0 aliphatic carbocycles. The molecule has 0 radical (unpaired) electrons. The number of amides is 2. The Balaban J connectivity index is 1.39. The van der Waals surface area contributed by atoms with Gasteiger partial charge in [-0.15, -0.1) is 0 Å². The maximum absolute atomic E-state index is 13.2. The summed E-state index contributed by atoms with van der Waals surface area (Å²) in [4.78, 5) is 39.2. The minimum absolute atomic E-state index is 0.103. The van der Waals surface area contributed by atoms with Crippen LogP contribution in [0.5, 0.6) is 17.2 Å². The summed E-state index contributed by atoms with van der Waals surface area (Å²) in [6, 6.07) is 3.42. The number of ether oxygens (including phenoxy) is 4. The number of carbonyl (C=O) groups is 2. The molecule has 1 atom stereocenters. The molecule has 2 amide bonds. The Morgan fingerprint density at radius 2 is 2.08 bits per heavy atom. The average Bonchev–Trinajstić information content (AvgIpc) is 3.57. The molecule has 11 heteroatoms. The van der Waals surface area contributed by atoms with E-state index < -0.39 is 5.60 Å². The Morgan fingerprint density at radius 1 is 1.25 bits per heavy atom. The highest BCUT2D eigenvalue weighted by Gasteiger charge is 2.32. The van der Waals surface area contributed by atoms with Gasteiger partial charge in [0.25, 0.3) is 5.91 Å². The first-order valence-corrected chi connectivity index (χ1v) is 11.9. The molecular weight excluding hydrogens is 466 g/mol. The number of aromatic nitrogens is 3. The lowest BCUT2D eigenvalue weighted by molar-refractivity contribution is 0.0290. The molecule has 190 valence electrons. The lowest BCUT2D eigenvalue weighted by Crippen LogP contribution is -2.40. The van der Waals surface area contributed by atoms with Crippen molar-refractivity contribution in [2.75, 3.05) is 26.5 Å². The van der Waals surface area contributed by atoms with Gasteiger partial charge in [-0.25, -0.2) is 14.8 Å². The number of fused-ring (bicyclic) bond motifs is 2. The molecular formula is C25H29N5O6. The van der Waals surface area contributed by atoms with Crippen molar-refractivity contribution in [2.45, 2.75) is 45.8 Å². The van der Waals surface area contributed by atoms with Gasteiger partial charge < -0.3 is 34.1 Å². The van der Waals surface area contributed by atoms with E-state index in [1.807, 2.05) is 33.8 Å². The standard InChI is InChI=1S/C25H29N5O6/c1-5-33-16-6-7-17-22(35-13-34-17)18(16)20-21-19(27-12-28-20)15(10-26-21)23(31)29-14-8-9-30(11-14)24(32)36-25(2,3)4/h6-7,10,12,14,26H,5,8-9,11,13H2,1-4H3,(H,29,31)/t14-/m1/s1. The van der Waals surface area contributed by atoms with Crippen molar-refractivity contribution in [1.29, 1.82) is 0 Å². The molecule has 1 fully saturated rings. The summed E-state index contributed by atoms with van der Waals surface area (Å²) in [5, 5.41) is 3.02.